The molecule has 21 heavy (non-hydrogen) atoms. The lowest BCUT2D eigenvalue weighted by atomic mass is 10.3. The molecule has 2 aromatic rings. The molecule has 0 atom stereocenters. The Morgan fingerprint density at radius 3 is 2.57 bits per heavy atom. The zero-order valence-corrected chi connectivity index (χ0v) is 10.6. The lowest BCUT2D eigenvalue weighted by Gasteiger charge is -2.06. The van der Waals surface area contributed by atoms with Gasteiger partial charge in [-0.3, -0.25) is 19.7 Å². The van der Waals surface area contributed by atoms with Crippen molar-refractivity contribution in [3.8, 4) is 5.75 Å². The van der Waals surface area contributed by atoms with Gasteiger partial charge in [0.15, 0.2) is 12.4 Å². The van der Waals surface area contributed by atoms with Gasteiger partial charge >= 0.3 is 0 Å². The average Bonchev–Trinajstić information content (AvgIpc) is 2.48. The van der Waals surface area contributed by atoms with Crippen LogP contribution in [0.4, 0.5) is 11.5 Å². The molecule has 9 heteroatoms. The summed E-state index contributed by atoms with van der Waals surface area (Å²) in [5.74, 6) is 0.0324. The highest BCUT2D eigenvalue weighted by Crippen LogP contribution is 2.17. The van der Waals surface area contributed by atoms with Crippen LogP contribution in [0.1, 0.15) is 0 Å². The van der Waals surface area contributed by atoms with Gasteiger partial charge in [-0.1, -0.05) is 0 Å². The van der Waals surface area contributed by atoms with Crippen LogP contribution < -0.4 is 15.6 Å². The first-order valence-corrected chi connectivity index (χ1v) is 5.77. The maximum Gasteiger partial charge on any atom is 0.269 e. The second kappa shape index (κ2) is 6.28. The van der Waals surface area contributed by atoms with Crippen molar-refractivity contribution < 1.29 is 14.5 Å². The second-order valence-corrected chi connectivity index (χ2v) is 3.89. The van der Waals surface area contributed by atoms with E-state index in [-0.39, 0.29) is 23.7 Å². The average molecular weight is 290 g/mol. The highest BCUT2D eigenvalue weighted by Gasteiger charge is 2.07. The number of ether oxygens (including phenoxy) is 1. The van der Waals surface area contributed by atoms with Crippen molar-refractivity contribution in [2.45, 2.75) is 0 Å². The number of nitrogens with zero attached hydrogens (tertiary/aromatic N) is 2. The largest absolute Gasteiger partial charge is 0.484 e. The molecule has 9 nitrogen and oxygen atoms in total. The van der Waals surface area contributed by atoms with Crippen molar-refractivity contribution in [1.29, 1.82) is 0 Å². The first-order valence-electron chi connectivity index (χ1n) is 5.77. The van der Waals surface area contributed by atoms with Crippen LogP contribution in [0, 0.1) is 10.1 Å². The van der Waals surface area contributed by atoms with Gasteiger partial charge in [-0.05, 0) is 18.2 Å². The fourth-order valence-corrected chi connectivity index (χ4v) is 1.41. The van der Waals surface area contributed by atoms with E-state index in [2.05, 4.69) is 15.5 Å². The van der Waals surface area contributed by atoms with E-state index in [4.69, 9.17) is 4.74 Å². The summed E-state index contributed by atoms with van der Waals surface area (Å²) in [5, 5.41) is 18.7. The fourth-order valence-electron chi connectivity index (χ4n) is 1.41. The van der Waals surface area contributed by atoms with Gasteiger partial charge in [0, 0.05) is 18.2 Å². The zero-order chi connectivity index (χ0) is 15.2. The van der Waals surface area contributed by atoms with Crippen molar-refractivity contribution in [3.63, 3.8) is 0 Å². The van der Waals surface area contributed by atoms with Gasteiger partial charge in [0.1, 0.15) is 5.75 Å². The molecule has 1 aromatic heterocycles. The quantitative estimate of drug-likeness (QED) is 0.616. The molecule has 2 rings (SSSR count). The Morgan fingerprint density at radius 1 is 1.29 bits per heavy atom. The number of anilines is 1. The molecule has 0 saturated heterocycles. The standard InChI is InChI=1S/C12H10N4O5/c17-11-6-5-10(14-15-11)13-12(18)7-21-9-3-1-8(2-4-9)16(19)20/h1-6H,7H2,(H,15,17)(H,13,14,18). The predicted octanol–water partition coefficient (Wildman–Crippen LogP) is 0.696. The molecular weight excluding hydrogens is 280 g/mol. The van der Waals surface area contributed by atoms with Gasteiger partial charge in [0.05, 0.1) is 4.92 Å². The Bertz CT molecular complexity index is 690. The molecule has 0 aliphatic rings. The van der Waals surface area contributed by atoms with E-state index in [9.17, 15) is 19.7 Å². The minimum atomic E-state index is -0.529. The third kappa shape index (κ3) is 4.13. The molecule has 0 aliphatic carbocycles. The number of non-ortho nitro benzene ring substituents is 1. The van der Waals surface area contributed by atoms with Crippen LogP contribution in [0.5, 0.6) is 5.75 Å². The maximum absolute atomic E-state index is 11.6. The molecule has 0 radical (unpaired) electrons. The highest BCUT2D eigenvalue weighted by atomic mass is 16.6. The number of nitro groups is 1. The predicted molar refractivity (Wildman–Crippen MR) is 72.1 cm³/mol. The Balaban J connectivity index is 1.87. The van der Waals surface area contributed by atoms with E-state index in [1.807, 2.05) is 0 Å². The molecule has 1 aromatic carbocycles. The van der Waals surface area contributed by atoms with E-state index in [1.165, 1.54) is 36.4 Å². The topological polar surface area (TPSA) is 127 Å². The number of hydrogen-bond acceptors (Lipinski definition) is 6. The SMILES string of the molecule is O=C(COc1ccc([N+](=O)[O-])cc1)Nc1ccc(=O)[nH]n1. The minimum Gasteiger partial charge on any atom is -0.484 e. The summed E-state index contributed by atoms with van der Waals surface area (Å²) in [6.45, 7) is -0.293. The lowest BCUT2D eigenvalue weighted by Crippen LogP contribution is -2.21. The number of aromatic amines is 1. The van der Waals surface area contributed by atoms with Crippen LogP contribution in [0.2, 0.25) is 0 Å². The fraction of sp³-hybridized carbons (Fsp3) is 0.0833. The van der Waals surface area contributed by atoms with Gasteiger partial charge < -0.3 is 10.1 Å². The van der Waals surface area contributed by atoms with Crippen LogP contribution in [0.25, 0.3) is 0 Å². The van der Waals surface area contributed by atoms with Gasteiger partial charge in [-0.15, -0.1) is 0 Å². The van der Waals surface area contributed by atoms with Crippen LogP contribution in [0.15, 0.2) is 41.2 Å². The van der Waals surface area contributed by atoms with Crippen molar-refractivity contribution in [3.05, 3.63) is 56.9 Å². The number of H-pyrrole nitrogens is 1. The summed E-state index contributed by atoms with van der Waals surface area (Å²) in [7, 11) is 0. The van der Waals surface area contributed by atoms with Crippen LogP contribution >= 0.6 is 0 Å². The summed E-state index contributed by atoms with van der Waals surface area (Å²) in [6, 6.07) is 7.91. The number of carbonyl (C=O) groups excluding carboxylic acids is 1. The number of aromatic nitrogens is 2. The smallest absolute Gasteiger partial charge is 0.269 e. The van der Waals surface area contributed by atoms with Crippen LogP contribution in [0.3, 0.4) is 0 Å². The van der Waals surface area contributed by atoms with E-state index >= 15 is 0 Å². The van der Waals surface area contributed by atoms with Gasteiger partial charge in [-0.25, -0.2) is 5.10 Å². The molecule has 1 heterocycles. The number of amides is 1. The van der Waals surface area contributed by atoms with E-state index in [1.54, 1.807) is 0 Å². The maximum atomic E-state index is 11.6. The first-order chi connectivity index (χ1) is 10.0. The Labute approximate surface area is 117 Å². The van der Waals surface area contributed by atoms with E-state index in [0.29, 0.717) is 5.75 Å². The second-order valence-electron chi connectivity index (χ2n) is 3.89. The van der Waals surface area contributed by atoms with Crippen molar-refractivity contribution >= 4 is 17.4 Å². The number of nitro benzene ring substituents is 1. The Hall–Kier alpha value is -3.23. The first kappa shape index (κ1) is 14.2. The molecule has 0 unspecified atom stereocenters. The third-order valence-corrected chi connectivity index (χ3v) is 2.36. The monoisotopic (exact) mass is 290 g/mol. The number of benzene rings is 1. The van der Waals surface area contributed by atoms with Gasteiger partial charge in [0.25, 0.3) is 17.2 Å². The summed E-state index contributed by atoms with van der Waals surface area (Å²) in [4.78, 5) is 32.3. The van der Waals surface area contributed by atoms with Crippen molar-refractivity contribution in [2.24, 2.45) is 0 Å². The molecule has 108 valence electrons. The highest BCUT2D eigenvalue weighted by molar-refractivity contribution is 5.90. The lowest BCUT2D eigenvalue weighted by molar-refractivity contribution is -0.384. The molecule has 0 bridgehead atoms. The normalized spacial score (nSPS) is 9.90. The number of carbonyl (C=O) groups is 1. The Morgan fingerprint density at radius 2 is 2.00 bits per heavy atom. The van der Waals surface area contributed by atoms with Crippen molar-refractivity contribution in [2.75, 3.05) is 11.9 Å². The molecule has 0 spiro atoms. The third-order valence-electron chi connectivity index (χ3n) is 2.36. The molecule has 1 amide bonds. The summed E-state index contributed by atoms with van der Waals surface area (Å²) in [5.41, 5.74) is -0.445. The minimum absolute atomic E-state index is 0.0655. The summed E-state index contributed by atoms with van der Waals surface area (Å²) < 4.78 is 5.16. The van der Waals surface area contributed by atoms with E-state index < -0.39 is 10.8 Å². The summed E-state index contributed by atoms with van der Waals surface area (Å²) in [6.07, 6.45) is 0. The molecule has 0 saturated carbocycles. The zero-order valence-electron chi connectivity index (χ0n) is 10.6. The van der Waals surface area contributed by atoms with Crippen LogP contribution in [-0.4, -0.2) is 27.6 Å². The van der Waals surface area contributed by atoms with E-state index in [0.717, 1.165) is 0 Å². The Kier molecular flexibility index (Phi) is 4.24. The number of hydrogen-bond donors (Lipinski definition) is 2. The molecule has 0 fully saturated rings. The van der Waals surface area contributed by atoms with Gasteiger partial charge in [0.2, 0.25) is 0 Å². The molecule has 2 N–H and O–H groups in total. The molecule has 0 aliphatic heterocycles. The molecular formula is C12H10N4O5. The van der Waals surface area contributed by atoms with Crippen LogP contribution in [-0.2, 0) is 4.79 Å². The number of nitrogens with one attached hydrogen (secondary N) is 2. The van der Waals surface area contributed by atoms with Gasteiger partial charge in [-0.2, -0.15) is 5.10 Å². The number of rotatable bonds is 5. The summed E-state index contributed by atoms with van der Waals surface area (Å²) >= 11 is 0. The van der Waals surface area contributed by atoms with Crippen molar-refractivity contribution in [1.82, 2.24) is 10.2 Å².